The molecule has 0 amide bonds. The highest BCUT2D eigenvalue weighted by Gasteiger charge is 2.04. The molecule has 0 saturated heterocycles. The van der Waals surface area contributed by atoms with Crippen LogP contribution in [0.1, 0.15) is 31.0 Å². The van der Waals surface area contributed by atoms with Crippen LogP contribution in [0.15, 0.2) is 48.7 Å². The van der Waals surface area contributed by atoms with Gasteiger partial charge in [0.25, 0.3) is 0 Å². The number of nitrogens with one attached hydrogen (secondary N) is 1. The second-order valence-corrected chi connectivity index (χ2v) is 4.42. The number of anilines is 1. The lowest BCUT2D eigenvalue weighted by Crippen LogP contribution is -2.04. The molecule has 0 radical (unpaired) electrons. The topological polar surface area (TPSA) is 24.9 Å². The van der Waals surface area contributed by atoms with E-state index in [4.69, 9.17) is 0 Å². The molecule has 17 heavy (non-hydrogen) atoms. The zero-order valence-corrected chi connectivity index (χ0v) is 10.4. The van der Waals surface area contributed by atoms with Gasteiger partial charge in [-0.15, -0.1) is 0 Å². The Morgan fingerprint density at radius 1 is 1.06 bits per heavy atom. The quantitative estimate of drug-likeness (QED) is 0.857. The number of rotatable bonds is 4. The van der Waals surface area contributed by atoms with Gasteiger partial charge in [0.15, 0.2) is 0 Å². The molecular weight excluding hydrogens is 208 g/mol. The molecule has 0 aliphatic heterocycles. The van der Waals surface area contributed by atoms with Crippen molar-refractivity contribution in [2.75, 3.05) is 5.32 Å². The summed E-state index contributed by atoms with van der Waals surface area (Å²) in [5.74, 6) is 0.530. The minimum Gasteiger partial charge on any atom is -0.379 e. The standard InChI is InChI=1S/C15H18N2/c1-12(2)14-8-3-4-9-15(14)17-11-13-7-5-6-10-16-13/h3-10,12,17H,11H2,1-2H3. The van der Waals surface area contributed by atoms with Gasteiger partial charge >= 0.3 is 0 Å². The van der Waals surface area contributed by atoms with E-state index in [-0.39, 0.29) is 0 Å². The fourth-order valence-corrected chi connectivity index (χ4v) is 1.85. The van der Waals surface area contributed by atoms with Gasteiger partial charge in [-0.25, -0.2) is 0 Å². The van der Waals surface area contributed by atoms with Crippen LogP contribution in [-0.2, 0) is 6.54 Å². The van der Waals surface area contributed by atoms with Crippen molar-refractivity contribution < 1.29 is 0 Å². The summed E-state index contributed by atoms with van der Waals surface area (Å²) in [6, 6.07) is 14.4. The molecule has 2 nitrogen and oxygen atoms in total. The SMILES string of the molecule is CC(C)c1ccccc1NCc1ccccn1. The molecule has 1 aromatic carbocycles. The van der Waals surface area contributed by atoms with Gasteiger partial charge in [0.2, 0.25) is 0 Å². The maximum Gasteiger partial charge on any atom is 0.0594 e. The smallest absolute Gasteiger partial charge is 0.0594 e. The fourth-order valence-electron chi connectivity index (χ4n) is 1.85. The van der Waals surface area contributed by atoms with E-state index in [0.29, 0.717) is 5.92 Å². The summed E-state index contributed by atoms with van der Waals surface area (Å²) in [6.07, 6.45) is 1.82. The third-order valence-electron chi connectivity index (χ3n) is 2.77. The molecule has 1 N–H and O–H groups in total. The van der Waals surface area contributed by atoms with Crippen LogP contribution >= 0.6 is 0 Å². The summed E-state index contributed by atoms with van der Waals surface area (Å²) >= 11 is 0. The molecule has 0 bridgehead atoms. The van der Waals surface area contributed by atoms with Crippen molar-refractivity contribution in [3.05, 3.63) is 59.9 Å². The predicted molar refractivity (Wildman–Crippen MR) is 72.1 cm³/mol. The Morgan fingerprint density at radius 3 is 2.53 bits per heavy atom. The fraction of sp³-hybridized carbons (Fsp3) is 0.267. The Labute approximate surface area is 103 Å². The normalized spacial score (nSPS) is 10.5. The van der Waals surface area contributed by atoms with E-state index in [1.54, 1.807) is 0 Å². The van der Waals surface area contributed by atoms with Crippen molar-refractivity contribution in [1.29, 1.82) is 0 Å². The molecule has 0 unspecified atom stereocenters. The molecule has 1 aromatic heterocycles. The van der Waals surface area contributed by atoms with Crippen LogP contribution in [0.3, 0.4) is 0 Å². The van der Waals surface area contributed by atoms with Crippen molar-refractivity contribution in [3.8, 4) is 0 Å². The minimum absolute atomic E-state index is 0.530. The van der Waals surface area contributed by atoms with Crippen LogP contribution in [0.5, 0.6) is 0 Å². The molecule has 88 valence electrons. The molecule has 2 aromatic rings. The summed E-state index contributed by atoms with van der Waals surface area (Å²) in [6.45, 7) is 5.19. The van der Waals surface area contributed by atoms with Crippen molar-refractivity contribution in [2.45, 2.75) is 26.3 Å². The first-order valence-corrected chi connectivity index (χ1v) is 6.00. The van der Waals surface area contributed by atoms with Crippen molar-refractivity contribution in [1.82, 2.24) is 4.98 Å². The molecule has 1 heterocycles. The van der Waals surface area contributed by atoms with Crippen LogP contribution in [-0.4, -0.2) is 4.98 Å². The number of benzene rings is 1. The summed E-state index contributed by atoms with van der Waals surface area (Å²) in [7, 11) is 0. The first-order valence-electron chi connectivity index (χ1n) is 6.00. The molecule has 0 fully saturated rings. The number of para-hydroxylation sites is 1. The first-order chi connectivity index (χ1) is 8.27. The Bertz CT molecular complexity index is 463. The second-order valence-electron chi connectivity index (χ2n) is 4.42. The number of hydrogen-bond acceptors (Lipinski definition) is 2. The first kappa shape index (κ1) is 11.6. The average molecular weight is 226 g/mol. The van der Waals surface area contributed by atoms with Crippen LogP contribution in [0.25, 0.3) is 0 Å². The third kappa shape index (κ3) is 3.06. The summed E-state index contributed by atoms with van der Waals surface area (Å²) < 4.78 is 0. The highest BCUT2D eigenvalue weighted by atomic mass is 14.9. The van der Waals surface area contributed by atoms with Gasteiger partial charge in [0.05, 0.1) is 12.2 Å². The van der Waals surface area contributed by atoms with Crippen LogP contribution < -0.4 is 5.32 Å². The van der Waals surface area contributed by atoms with Gasteiger partial charge < -0.3 is 5.32 Å². The predicted octanol–water partition coefficient (Wildman–Crippen LogP) is 3.82. The molecule has 0 aliphatic carbocycles. The maximum atomic E-state index is 4.31. The molecule has 0 atom stereocenters. The van der Waals surface area contributed by atoms with Gasteiger partial charge in [-0.1, -0.05) is 38.1 Å². The van der Waals surface area contributed by atoms with E-state index in [1.165, 1.54) is 11.3 Å². The number of aromatic nitrogens is 1. The maximum absolute atomic E-state index is 4.31. The lowest BCUT2D eigenvalue weighted by atomic mass is 10.0. The van der Waals surface area contributed by atoms with Crippen molar-refractivity contribution in [2.24, 2.45) is 0 Å². The summed E-state index contributed by atoms with van der Waals surface area (Å²) in [5.41, 5.74) is 3.61. The largest absolute Gasteiger partial charge is 0.379 e. The zero-order chi connectivity index (χ0) is 12.1. The Kier molecular flexibility index (Phi) is 3.76. The van der Waals surface area contributed by atoms with E-state index in [1.807, 2.05) is 24.4 Å². The highest BCUT2D eigenvalue weighted by Crippen LogP contribution is 2.23. The minimum atomic E-state index is 0.530. The number of hydrogen-bond donors (Lipinski definition) is 1. The molecule has 2 heteroatoms. The summed E-state index contributed by atoms with van der Waals surface area (Å²) in [5, 5.41) is 3.45. The van der Waals surface area contributed by atoms with E-state index < -0.39 is 0 Å². The van der Waals surface area contributed by atoms with Gasteiger partial charge in [-0.05, 0) is 29.7 Å². The molecule has 0 aliphatic rings. The van der Waals surface area contributed by atoms with E-state index >= 15 is 0 Å². The highest BCUT2D eigenvalue weighted by molar-refractivity contribution is 5.52. The van der Waals surface area contributed by atoms with Crippen molar-refractivity contribution >= 4 is 5.69 Å². The number of nitrogens with zero attached hydrogens (tertiary/aromatic N) is 1. The second kappa shape index (κ2) is 5.48. The van der Waals surface area contributed by atoms with Gasteiger partial charge in [0.1, 0.15) is 0 Å². The molecule has 0 spiro atoms. The lowest BCUT2D eigenvalue weighted by Gasteiger charge is -2.14. The van der Waals surface area contributed by atoms with Crippen LogP contribution in [0.2, 0.25) is 0 Å². The van der Waals surface area contributed by atoms with Gasteiger partial charge in [-0.2, -0.15) is 0 Å². The van der Waals surface area contributed by atoms with Gasteiger partial charge in [0, 0.05) is 11.9 Å². The van der Waals surface area contributed by atoms with E-state index in [0.717, 1.165) is 12.2 Å². The molecule has 0 saturated carbocycles. The third-order valence-corrected chi connectivity index (χ3v) is 2.77. The molecular formula is C15H18N2. The lowest BCUT2D eigenvalue weighted by molar-refractivity contribution is 0.864. The number of pyridine rings is 1. The van der Waals surface area contributed by atoms with E-state index in [2.05, 4.69) is 48.4 Å². The monoisotopic (exact) mass is 226 g/mol. The van der Waals surface area contributed by atoms with Gasteiger partial charge in [-0.3, -0.25) is 4.98 Å². The van der Waals surface area contributed by atoms with Crippen LogP contribution in [0.4, 0.5) is 5.69 Å². The Morgan fingerprint density at radius 2 is 1.82 bits per heavy atom. The average Bonchev–Trinajstić information content (AvgIpc) is 2.38. The molecule has 2 rings (SSSR count). The van der Waals surface area contributed by atoms with E-state index in [9.17, 15) is 0 Å². The summed E-state index contributed by atoms with van der Waals surface area (Å²) in [4.78, 5) is 4.31. The Balaban J connectivity index is 2.09. The van der Waals surface area contributed by atoms with Crippen molar-refractivity contribution in [3.63, 3.8) is 0 Å². The zero-order valence-electron chi connectivity index (χ0n) is 10.4. The van der Waals surface area contributed by atoms with Crippen LogP contribution in [0, 0.1) is 0 Å². The Hall–Kier alpha value is -1.83.